The van der Waals surface area contributed by atoms with Crippen LogP contribution in [0.1, 0.15) is 6.92 Å². The van der Waals surface area contributed by atoms with Crippen molar-refractivity contribution in [2.45, 2.75) is 6.92 Å². The molecule has 0 aliphatic carbocycles. The van der Waals surface area contributed by atoms with Crippen molar-refractivity contribution in [2.75, 3.05) is 7.11 Å². The fraction of sp³-hybridized carbons (Fsp3) is 0.222. The number of rotatable bonds is 2. The van der Waals surface area contributed by atoms with Gasteiger partial charge in [-0.25, -0.2) is 0 Å². The van der Waals surface area contributed by atoms with E-state index in [9.17, 15) is 0 Å². The van der Waals surface area contributed by atoms with Gasteiger partial charge in [0.2, 0.25) is 0 Å². The lowest BCUT2D eigenvalue weighted by Crippen LogP contribution is -1.79. The van der Waals surface area contributed by atoms with Crippen LogP contribution in [-0.2, 0) is 0 Å². The smallest absolute Gasteiger partial charge is 0.119 e. The molecule has 2 heteroatoms. The standard InChI is InChI=1S/C9H11NO/c1-3-10-8-4-6-9(11-2)7-5-8/h3-7H,1-2H3. The van der Waals surface area contributed by atoms with Gasteiger partial charge in [0.25, 0.3) is 0 Å². The van der Waals surface area contributed by atoms with Gasteiger partial charge in [0, 0.05) is 6.21 Å². The molecule has 1 aromatic rings. The molecule has 0 aromatic heterocycles. The van der Waals surface area contributed by atoms with Gasteiger partial charge in [-0.3, -0.25) is 4.99 Å². The topological polar surface area (TPSA) is 21.6 Å². The number of hydrogen-bond acceptors (Lipinski definition) is 2. The summed E-state index contributed by atoms with van der Waals surface area (Å²) in [5.74, 6) is 0.861. The van der Waals surface area contributed by atoms with Crippen molar-refractivity contribution in [3.8, 4) is 5.75 Å². The molecule has 0 atom stereocenters. The van der Waals surface area contributed by atoms with Crippen LogP contribution >= 0.6 is 0 Å². The highest BCUT2D eigenvalue weighted by Gasteiger charge is 1.88. The van der Waals surface area contributed by atoms with E-state index < -0.39 is 0 Å². The molecule has 1 rings (SSSR count). The Kier molecular flexibility index (Phi) is 2.66. The lowest BCUT2D eigenvalue weighted by molar-refractivity contribution is 0.415. The maximum Gasteiger partial charge on any atom is 0.119 e. The first-order valence-corrected chi connectivity index (χ1v) is 3.49. The van der Waals surface area contributed by atoms with E-state index in [0.717, 1.165) is 11.4 Å². The van der Waals surface area contributed by atoms with Crippen LogP contribution in [-0.4, -0.2) is 13.3 Å². The maximum absolute atomic E-state index is 5.00. The second-order valence-electron chi connectivity index (χ2n) is 2.09. The summed E-state index contributed by atoms with van der Waals surface area (Å²) >= 11 is 0. The zero-order valence-electron chi connectivity index (χ0n) is 6.74. The Bertz CT molecular complexity index is 238. The molecular weight excluding hydrogens is 138 g/mol. The van der Waals surface area contributed by atoms with Crippen molar-refractivity contribution >= 4 is 11.9 Å². The Morgan fingerprint density at radius 2 is 1.91 bits per heavy atom. The fourth-order valence-corrected chi connectivity index (χ4v) is 0.817. The summed E-state index contributed by atoms with van der Waals surface area (Å²) in [4.78, 5) is 4.10. The molecule has 0 fully saturated rings. The minimum Gasteiger partial charge on any atom is -0.497 e. The lowest BCUT2D eigenvalue weighted by Gasteiger charge is -1.97. The largest absolute Gasteiger partial charge is 0.497 e. The summed E-state index contributed by atoms with van der Waals surface area (Å²) in [5.41, 5.74) is 0.952. The molecule has 0 heterocycles. The van der Waals surface area contributed by atoms with E-state index in [2.05, 4.69) is 4.99 Å². The van der Waals surface area contributed by atoms with Crippen molar-refractivity contribution in [1.82, 2.24) is 0 Å². The second kappa shape index (κ2) is 3.76. The molecule has 0 aliphatic rings. The number of ether oxygens (including phenoxy) is 1. The highest BCUT2D eigenvalue weighted by atomic mass is 16.5. The third kappa shape index (κ3) is 2.08. The van der Waals surface area contributed by atoms with Gasteiger partial charge in [-0.05, 0) is 31.2 Å². The van der Waals surface area contributed by atoms with Crippen molar-refractivity contribution in [1.29, 1.82) is 0 Å². The van der Waals surface area contributed by atoms with Gasteiger partial charge in [0.15, 0.2) is 0 Å². The number of benzene rings is 1. The van der Waals surface area contributed by atoms with E-state index in [1.807, 2.05) is 31.2 Å². The summed E-state index contributed by atoms with van der Waals surface area (Å²) in [6.07, 6.45) is 1.77. The molecule has 58 valence electrons. The molecule has 0 saturated heterocycles. The number of hydrogen-bond donors (Lipinski definition) is 0. The molecule has 0 unspecified atom stereocenters. The van der Waals surface area contributed by atoms with Gasteiger partial charge in [-0.15, -0.1) is 0 Å². The van der Waals surface area contributed by atoms with Crippen LogP contribution in [0.3, 0.4) is 0 Å². The molecule has 0 aliphatic heterocycles. The van der Waals surface area contributed by atoms with E-state index in [4.69, 9.17) is 4.74 Å². The van der Waals surface area contributed by atoms with Crippen molar-refractivity contribution in [3.63, 3.8) is 0 Å². The quantitative estimate of drug-likeness (QED) is 0.592. The van der Waals surface area contributed by atoms with Crippen molar-refractivity contribution in [2.24, 2.45) is 4.99 Å². The fourth-order valence-electron chi connectivity index (χ4n) is 0.817. The Morgan fingerprint density at radius 1 is 1.27 bits per heavy atom. The molecular formula is C9H11NO. The zero-order valence-corrected chi connectivity index (χ0v) is 6.74. The normalized spacial score (nSPS) is 10.4. The third-order valence-electron chi connectivity index (χ3n) is 1.35. The first-order valence-electron chi connectivity index (χ1n) is 3.49. The van der Waals surface area contributed by atoms with Gasteiger partial charge in [-0.2, -0.15) is 0 Å². The lowest BCUT2D eigenvalue weighted by atomic mass is 10.3. The van der Waals surface area contributed by atoms with Crippen LogP contribution in [0, 0.1) is 0 Å². The Hall–Kier alpha value is -1.31. The molecule has 0 spiro atoms. The Labute approximate surface area is 66.5 Å². The van der Waals surface area contributed by atoms with Crippen molar-refractivity contribution in [3.05, 3.63) is 24.3 Å². The summed E-state index contributed by atoms with van der Waals surface area (Å²) < 4.78 is 5.00. The Morgan fingerprint density at radius 3 is 2.36 bits per heavy atom. The summed E-state index contributed by atoms with van der Waals surface area (Å²) in [6.45, 7) is 1.89. The molecule has 0 bridgehead atoms. The van der Waals surface area contributed by atoms with Gasteiger partial charge in [-0.1, -0.05) is 0 Å². The first kappa shape index (κ1) is 7.79. The average Bonchev–Trinajstić information content (AvgIpc) is 2.07. The van der Waals surface area contributed by atoms with E-state index in [0.29, 0.717) is 0 Å². The van der Waals surface area contributed by atoms with Crippen molar-refractivity contribution < 1.29 is 4.74 Å². The van der Waals surface area contributed by atoms with E-state index in [-0.39, 0.29) is 0 Å². The van der Waals surface area contributed by atoms with Crippen LogP contribution in [0.15, 0.2) is 29.3 Å². The van der Waals surface area contributed by atoms with Crippen LogP contribution in [0.25, 0.3) is 0 Å². The second-order valence-corrected chi connectivity index (χ2v) is 2.09. The number of nitrogens with zero attached hydrogens (tertiary/aromatic N) is 1. The van der Waals surface area contributed by atoms with Crippen LogP contribution in [0.4, 0.5) is 5.69 Å². The van der Waals surface area contributed by atoms with Gasteiger partial charge in [0.05, 0.1) is 12.8 Å². The minimum atomic E-state index is 0.861. The van der Waals surface area contributed by atoms with Crippen LogP contribution in [0.5, 0.6) is 5.75 Å². The molecule has 1 aromatic carbocycles. The highest BCUT2D eigenvalue weighted by molar-refractivity contribution is 5.60. The molecule has 11 heavy (non-hydrogen) atoms. The predicted molar refractivity (Wildman–Crippen MR) is 46.8 cm³/mol. The average molecular weight is 149 g/mol. The minimum absolute atomic E-state index is 0.861. The van der Waals surface area contributed by atoms with Gasteiger partial charge >= 0.3 is 0 Å². The third-order valence-corrected chi connectivity index (χ3v) is 1.35. The molecule has 0 amide bonds. The summed E-state index contributed by atoms with van der Waals surface area (Å²) in [6, 6.07) is 7.61. The van der Waals surface area contributed by atoms with Crippen LogP contribution < -0.4 is 4.74 Å². The number of methoxy groups -OCH3 is 1. The van der Waals surface area contributed by atoms with Gasteiger partial charge < -0.3 is 4.74 Å². The molecule has 2 nitrogen and oxygen atoms in total. The van der Waals surface area contributed by atoms with E-state index in [1.54, 1.807) is 13.3 Å². The maximum atomic E-state index is 5.00. The molecule has 0 radical (unpaired) electrons. The SMILES string of the molecule is CC=Nc1ccc(OC)cc1. The Balaban J connectivity index is 2.82. The van der Waals surface area contributed by atoms with E-state index in [1.165, 1.54) is 0 Å². The predicted octanol–water partition coefficient (Wildman–Crippen LogP) is 2.42. The molecule has 0 N–H and O–H groups in total. The summed E-state index contributed by atoms with van der Waals surface area (Å²) in [7, 11) is 1.65. The molecule has 0 saturated carbocycles. The van der Waals surface area contributed by atoms with E-state index >= 15 is 0 Å². The highest BCUT2D eigenvalue weighted by Crippen LogP contribution is 2.16. The first-order chi connectivity index (χ1) is 5.36. The zero-order chi connectivity index (χ0) is 8.10. The van der Waals surface area contributed by atoms with Gasteiger partial charge in [0.1, 0.15) is 5.75 Å². The monoisotopic (exact) mass is 149 g/mol. The number of aliphatic imine (C=N–C) groups is 1. The summed E-state index contributed by atoms with van der Waals surface area (Å²) in [5, 5.41) is 0. The van der Waals surface area contributed by atoms with Crippen LogP contribution in [0.2, 0.25) is 0 Å².